The minimum absolute atomic E-state index is 0.638. The maximum absolute atomic E-state index is 10.2. The highest BCUT2D eigenvalue weighted by Crippen LogP contribution is 2.26. The number of rotatable bonds is 2. The van der Waals surface area contributed by atoms with E-state index in [1.807, 2.05) is 30.3 Å². The normalized spacial score (nSPS) is 20.4. The number of hydrogen-bond donors (Lipinski definition) is 1. The first-order valence-electron chi connectivity index (χ1n) is 8.39. The average Bonchev–Trinajstić information content (AvgIpc) is 2.82. The zero-order chi connectivity index (χ0) is 16.4. The summed E-state index contributed by atoms with van der Waals surface area (Å²) in [6.45, 7) is 3.80. The summed E-state index contributed by atoms with van der Waals surface area (Å²) in [4.78, 5) is 9.23. The van der Waals surface area contributed by atoms with Gasteiger partial charge in [0, 0.05) is 38.1 Å². The lowest BCUT2D eigenvalue weighted by Gasteiger charge is -2.37. The fourth-order valence-corrected chi connectivity index (χ4v) is 3.32. The van der Waals surface area contributed by atoms with Crippen molar-refractivity contribution in [1.29, 1.82) is 0 Å². The van der Waals surface area contributed by atoms with Crippen LogP contribution in [0.15, 0.2) is 65.4 Å². The van der Waals surface area contributed by atoms with Crippen molar-refractivity contribution < 1.29 is 5.11 Å². The molecular weight excluding hydrogens is 298 g/mol. The molecule has 0 radical (unpaired) electrons. The van der Waals surface area contributed by atoms with Gasteiger partial charge in [-0.05, 0) is 29.3 Å². The van der Waals surface area contributed by atoms with Crippen molar-refractivity contribution in [2.75, 3.05) is 31.1 Å². The highest BCUT2D eigenvalue weighted by molar-refractivity contribution is 5.74. The number of aliphatic hydroxyl groups is 1. The van der Waals surface area contributed by atoms with Crippen LogP contribution in [0.25, 0.3) is 6.08 Å². The number of nitrogens with zero attached hydrogens (tertiary/aromatic N) is 3. The summed E-state index contributed by atoms with van der Waals surface area (Å²) in [5.74, 6) is 0.937. The number of piperazine rings is 1. The van der Waals surface area contributed by atoms with Crippen LogP contribution >= 0.6 is 0 Å². The van der Waals surface area contributed by atoms with Gasteiger partial charge >= 0.3 is 0 Å². The summed E-state index contributed by atoms with van der Waals surface area (Å²) in [7, 11) is 0. The van der Waals surface area contributed by atoms with Gasteiger partial charge in [0.2, 0.25) is 0 Å². The van der Waals surface area contributed by atoms with Crippen molar-refractivity contribution in [1.82, 2.24) is 4.90 Å². The molecule has 122 valence electrons. The predicted octanol–water partition coefficient (Wildman–Crippen LogP) is 2.93. The Morgan fingerprint density at radius 1 is 0.833 bits per heavy atom. The lowest BCUT2D eigenvalue weighted by Crippen LogP contribution is -2.45. The number of benzene rings is 2. The van der Waals surface area contributed by atoms with Crippen molar-refractivity contribution >= 4 is 18.0 Å². The van der Waals surface area contributed by atoms with Crippen LogP contribution in [0.4, 0.5) is 5.69 Å². The molecule has 1 N–H and O–H groups in total. The molecule has 0 saturated carbocycles. The summed E-state index contributed by atoms with van der Waals surface area (Å²) < 4.78 is 0. The molecule has 0 aromatic heterocycles. The molecule has 2 aliphatic heterocycles. The third-order valence-corrected chi connectivity index (χ3v) is 4.67. The SMILES string of the molecule is OC1C=NC(N2CCN(c3ccccc3)CC2)=Cc2ccccc21. The van der Waals surface area contributed by atoms with Gasteiger partial charge in [-0.1, -0.05) is 42.5 Å². The second-order valence-corrected chi connectivity index (χ2v) is 6.16. The van der Waals surface area contributed by atoms with Crippen LogP contribution in [0.5, 0.6) is 0 Å². The fourth-order valence-electron chi connectivity index (χ4n) is 3.32. The lowest BCUT2D eigenvalue weighted by atomic mass is 10.0. The number of para-hydroxylation sites is 1. The van der Waals surface area contributed by atoms with Gasteiger partial charge in [0.1, 0.15) is 11.9 Å². The summed E-state index contributed by atoms with van der Waals surface area (Å²) in [6.07, 6.45) is 3.09. The molecule has 24 heavy (non-hydrogen) atoms. The first-order chi connectivity index (χ1) is 11.8. The number of fused-ring (bicyclic) bond motifs is 1. The van der Waals surface area contributed by atoms with E-state index < -0.39 is 6.10 Å². The molecular formula is C20H21N3O. The van der Waals surface area contributed by atoms with E-state index in [1.54, 1.807) is 6.21 Å². The van der Waals surface area contributed by atoms with E-state index >= 15 is 0 Å². The summed E-state index contributed by atoms with van der Waals surface area (Å²) in [6, 6.07) is 18.5. The topological polar surface area (TPSA) is 39.1 Å². The minimum atomic E-state index is -0.638. The third-order valence-electron chi connectivity index (χ3n) is 4.67. The largest absolute Gasteiger partial charge is 0.383 e. The quantitative estimate of drug-likeness (QED) is 0.925. The highest BCUT2D eigenvalue weighted by atomic mass is 16.3. The third kappa shape index (κ3) is 2.93. The van der Waals surface area contributed by atoms with Crippen molar-refractivity contribution in [2.45, 2.75) is 6.10 Å². The van der Waals surface area contributed by atoms with E-state index in [-0.39, 0.29) is 0 Å². The Kier molecular flexibility index (Phi) is 4.05. The zero-order valence-electron chi connectivity index (χ0n) is 13.5. The second kappa shape index (κ2) is 6.49. The molecule has 2 aromatic carbocycles. The lowest BCUT2D eigenvalue weighted by molar-refractivity contribution is 0.252. The molecule has 2 heterocycles. The van der Waals surface area contributed by atoms with E-state index in [0.717, 1.165) is 43.1 Å². The summed E-state index contributed by atoms with van der Waals surface area (Å²) in [5.41, 5.74) is 3.23. The van der Waals surface area contributed by atoms with E-state index in [9.17, 15) is 5.11 Å². The molecule has 0 bridgehead atoms. The van der Waals surface area contributed by atoms with Crippen molar-refractivity contribution in [3.63, 3.8) is 0 Å². The van der Waals surface area contributed by atoms with Gasteiger partial charge in [0.15, 0.2) is 0 Å². The molecule has 0 amide bonds. The Morgan fingerprint density at radius 3 is 2.29 bits per heavy atom. The van der Waals surface area contributed by atoms with Crippen molar-refractivity contribution in [3.8, 4) is 0 Å². The van der Waals surface area contributed by atoms with Crippen LogP contribution in [0, 0.1) is 0 Å². The van der Waals surface area contributed by atoms with Gasteiger partial charge in [0.25, 0.3) is 0 Å². The molecule has 4 nitrogen and oxygen atoms in total. The Balaban J connectivity index is 1.52. The average molecular weight is 319 g/mol. The number of hydrogen-bond acceptors (Lipinski definition) is 4. The van der Waals surface area contributed by atoms with E-state index in [1.165, 1.54) is 5.69 Å². The Bertz CT molecular complexity index is 761. The van der Waals surface area contributed by atoms with Crippen LogP contribution in [0.2, 0.25) is 0 Å². The number of aliphatic hydroxyl groups excluding tert-OH is 1. The first-order valence-corrected chi connectivity index (χ1v) is 8.39. The first kappa shape index (κ1) is 15.0. The van der Waals surface area contributed by atoms with Gasteiger partial charge < -0.3 is 14.9 Å². The van der Waals surface area contributed by atoms with E-state index in [0.29, 0.717) is 0 Å². The molecule has 2 aliphatic rings. The van der Waals surface area contributed by atoms with Crippen LogP contribution in [0.1, 0.15) is 17.2 Å². The molecule has 0 aliphatic carbocycles. The zero-order valence-corrected chi connectivity index (χ0v) is 13.5. The van der Waals surface area contributed by atoms with E-state index in [4.69, 9.17) is 0 Å². The minimum Gasteiger partial charge on any atom is -0.383 e. The molecule has 2 aromatic rings. The Hall–Kier alpha value is -2.59. The van der Waals surface area contributed by atoms with Gasteiger partial charge in [-0.3, -0.25) is 0 Å². The highest BCUT2D eigenvalue weighted by Gasteiger charge is 2.21. The molecule has 1 atom stereocenters. The standard InChI is InChI=1S/C20H21N3O/c24-19-15-21-20(14-16-6-4-5-9-18(16)19)23-12-10-22(11-13-23)17-7-2-1-3-8-17/h1-9,14-15,19,24H,10-13H2. The fraction of sp³-hybridized carbons (Fsp3) is 0.250. The molecule has 4 rings (SSSR count). The molecule has 0 spiro atoms. The van der Waals surface area contributed by atoms with Gasteiger partial charge in [-0.2, -0.15) is 0 Å². The number of aliphatic imine (C=N–C) groups is 1. The Labute approximate surface area is 142 Å². The second-order valence-electron chi connectivity index (χ2n) is 6.16. The smallest absolute Gasteiger partial charge is 0.128 e. The van der Waals surface area contributed by atoms with Gasteiger partial charge in [-0.25, -0.2) is 4.99 Å². The molecule has 1 unspecified atom stereocenters. The molecule has 4 heteroatoms. The maximum Gasteiger partial charge on any atom is 0.128 e. The van der Waals surface area contributed by atoms with E-state index in [2.05, 4.69) is 45.1 Å². The van der Waals surface area contributed by atoms with Crippen LogP contribution in [-0.2, 0) is 0 Å². The number of anilines is 1. The molecule has 1 saturated heterocycles. The van der Waals surface area contributed by atoms with Gasteiger partial charge in [-0.15, -0.1) is 0 Å². The van der Waals surface area contributed by atoms with Gasteiger partial charge in [0.05, 0.1) is 0 Å². The van der Waals surface area contributed by atoms with Crippen LogP contribution in [0.3, 0.4) is 0 Å². The Morgan fingerprint density at radius 2 is 1.50 bits per heavy atom. The maximum atomic E-state index is 10.2. The van der Waals surface area contributed by atoms with Crippen LogP contribution in [-0.4, -0.2) is 42.4 Å². The van der Waals surface area contributed by atoms with Crippen molar-refractivity contribution in [3.05, 3.63) is 71.5 Å². The summed E-state index contributed by atoms with van der Waals surface area (Å²) in [5, 5.41) is 10.2. The van der Waals surface area contributed by atoms with Crippen molar-refractivity contribution in [2.24, 2.45) is 4.99 Å². The van der Waals surface area contributed by atoms with Crippen LogP contribution < -0.4 is 4.90 Å². The summed E-state index contributed by atoms with van der Waals surface area (Å²) >= 11 is 0. The predicted molar refractivity (Wildman–Crippen MR) is 98.1 cm³/mol. The monoisotopic (exact) mass is 319 g/mol. The molecule has 1 fully saturated rings.